The minimum absolute atomic E-state index is 0.0987. The average Bonchev–Trinajstić information content (AvgIpc) is 2.46. The maximum absolute atomic E-state index is 11.3. The van der Waals surface area contributed by atoms with E-state index in [1.54, 1.807) is 0 Å². The Morgan fingerprint density at radius 2 is 1.15 bits per heavy atom. The normalized spacial score (nSPS) is 13.6. The molecule has 0 rings (SSSR count). The third kappa shape index (κ3) is 11.9. The summed E-state index contributed by atoms with van der Waals surface area (Å²) in [6.07, 6.45) is 1.56. The Hall–Kier alpha value is 0.1000. The van der Waals surface area contributed by atoms with E-state index in [9.17, 15) is 9.59 Å². The molecule has 0 bridgehead atoms. The third-order valence-electron chi connectivity index (χ3n) is 2.20. The summed E-state index contributed by atoms with van der Waals surface area (Å²) in [7, 11) is 0. The summed E-state index contributed by atoms with van der Waals surface area (Å²) < 4.78 is 9.78. The minimum Gasteiger partial charge on any atom is -0.464 e. The largest absolute Gasteiger partial charge is 0.464 e. The van der Waals surface area contributed by atoms with Gasteiger partial charge >= 0.3 is 11.9 Å². The predicted molar refractivity (Wildman–Crippen MR) is 81.1 cm³/mol. The van der Waals surface area contributed by atoms with Crippen LogP contribution in [0.15, 0.2) is 0 Å². The van der Waals surface area contributed by atoms with Crippen molar-refractivity contribution in [1.82, 2.24) is 0 Å². The van der Waals surface area contributed by atoms with Gasteiger partial charge in [-0.25, -0.2) is 0 Å². The zero-order valence-corrected chi connectivity index (χ0v) is 14.0. The fourth-order valence-corrected chi connectivity index (χ4v) is 1.44. The molecule has 0 spiro atoms. The first-order valence-electron chi connectivity index (χ1n) is 6.20. The number of alkyl halides is 4. The number of carbonyl (C=O) groups is 2. The molecule has 0 radical (unpaired) electrons. The van der Waals surface area contributed by atoms with E-state index in [1.807, 2.05) is 0 Å². The van der Waals surface area contributed by atoms with Crippen molar-refractivity contribution in [3.8, 4) is 0 Å². The lowest BCUT2D eigenvalue weighted by molar-refractivity contribution is -0.145. The standard InChI is InChI=1S/C12H18Cl4O4/c13-5-9(15)7-19-11(17)3-1-2-4-12(18)20-8-10(16)6-14/h9-10H,1-8H2/t9-,10-/m1/s1. The monoisotopic (exact) mass is 366 g/mol. The fourth-order valence-electron chi connectivity index (χ4n) is 1.14. The van der Waals surface area contributed by atoms with Gasteiger partial charge in [0, 0.05) is 24.6 Å². The van der Waals surface area contributed by atoms with Crippen LogP contribution in [0.2, 0.25) is 0 Å². The van der Waals surface area contributed by atoms with Crippen LogP contribution in [0, 0.1) is 0 Å². The summed E-state index contributed by atoms with van der Waals surface area (Å²) >= 11 is 22.3. The molecule has 0 N–H and O–H groups in total. The number of rotatable bonds is 11. The van der Waals surface area contributed by atoms with Crippen LogP contribution in [-0.2, 0) is 19.1 Å². The van der Waals surface area contributed by atoms with Crippen LogP contribution < -0.4 is 0 Å². The van der Waals surface area contributed by atoms with Crippen LogP contribution in [0.5, 0.6) is 0 Å². The van der Waals surface area contributed by atoms with Crippen LogP contribution in [0.25, 0.3) is 0 Å². The fraction of sp³-hybridized carbons (Fsp3) is 0.833. The van der Waals surface area contributed by atoms with Crippen molar-refractivity contribution < 1.29 is 19.1 Å². The topological polar surface area (TPSA) is 52.6 Å². The number of esters is 2. The van der Waals surface area contributed by atoms with Gasteiger partial charge in [-0.3, -0.25) is 9.59 Å². The second-order valence-corrected chi connectivity index (χ2v) is 5.93. The first kappa shape index (κ1) is 20.1. The van der Waals surface area contributed by atoms with Gasteiger partial charge in [0.15, 0.2) is 0 Å². The summed E-state index contributed by atoms with van der Waals surface area (Å²) in [4.78, 5) is 22.6. The van der Waals surface area contributed by atoms with Crippen molar-refractivity contribution in [2.24, 2.45) is 0 Å². The number of halogens is 4. The van der Waals surface area contributed by atoms with E-state index in [0.717, 1.165) is 0 Å². The molecule has 0 aliphatic rings. The van der Waals surface area contributed by atoms with E-state index < -0.39 is 0 Å². The van der Waals surface area contributed by atoms with Crippen molar-refractivity contribution in [3.05, 3.63) is 0 Å². The molecule has 0 aliphatic carbocycles. The highest BCUT2D eigenvalue weighted by molar-refractivity contribution is 6.28. The summed E-state index contributed by atoms with van der Waals surface area (Å²) in [6, 6.07) is 0. The number of ether oxygens (including phenoxy) is 2. The number of unbranched alkanes of at least 4 members (excludes halogenated alkanes) is 1. The van der Waals surface area contributed by atoms with Crippen LogP contribution >= 0.6 is 46.4 Å². The molecule has 0 aromatic carbocycles. The van der Waals surface area contributed by atoms with E-state index in [1.165, 1.54) is 0 Å². The van der Waals surface area contributed by atoms with E-state index in [-0.39, 0.29) is 60.5 Å². The van der Waals surface area contributed by atoms with Crippen molar-refractivity contribution in [2.75, 3.05) is 25.0 Å². The van der Waals surface area contributed by atoms with Crippen molar-refractivity contribution in [1.29, 1.82) is 0 Å². The molecule has 0 fully saturated rings. The molecule has 118 valence electrons. The maximum Gasteiger partial charge on any atom is 0.305 e. The highest BCUT2D eigenvalue weighted by Gasteiger charge is 2.10. The molecule has 2 atom stereocenters. The van der Waals surface area contributed by atoms with Crippen molar-refractivity contribution >= 4 is 58.3 Å². The van der Waals surface area contributed by atoms with Gasteiger partial charge in [-0.2, -0.15) is 0 Å². The molecular weight excluding hydrogens is 350 g/mol. The van der Waals surface area contributed by atoms with Crippen molar-refractivity contribution in [3.63, 3.8) is 0 Å². The van der Waals surface area contributed by atoms with Gasteiger partial charge in [-0.15, -0.1) is 46.4 Å². The van der Waals surface area contributed by atoms with E-state index in [0.29, 0.717) is 12.8 Å². The second kappa shape index (κ2) is 12.8. The zero-order chi connectivity index (χ0) is 15.4. The predicted octanol–water partition coefficient (Wildman–Crippen LogP) is 3.33. The third-order valence-corrected chi connectivity index (χ3v) is 3.82. The molecule has 4 nitrogen and oxygen atoms in total. The molecule has 0 aromatic rings. The Morgan fingerprint density at radius 1 is 0.800 bits per heavy atom. The van der Waals surface area contributed by atoms with Crippen LogP contribution in [-0.4, -0.2) is 47.7 Å². The van der Waals surface area contributed by atoms with E-state index in [2.05, 4.69) is 0 Å². The number of hydrogen-bond donors (Lipinski definition) is 0. The zero-order valence-electron chi connectivity index (χ0n) is 11.0. The summed E-state index contributed by atoms with van der Waals surface area (Å²) in [5, 5.41) is -0.748. The highest BCUT2D eigenvalue weighted by atomic mass is 35.5. The molecule has 0 unspecified atom stereocenters. The Balaban J connectivity index is 3.51. The van der Waals surface area contributed by atoms with Crippen LogP contribution in [0.3, 0.4) is 0 Å². The Bertz CT molecular complexity index is 261. The quantitative estimate of drug-likeness (QED) is 0.319. The van der Waals surface area contributed by atoms with Gasteiger partial charge < -0.3 is 9.47 Å². The Morgan fingerprint density at radius 3 is 1.45 bits per heavy atom. The molecule has 0 aliphatic heterocycles. The lowest BCUT2D eigenvalue weighted by atomic mass is 10.2. The smallest absolute Gasteiger partial charge is 0.305 e. The minimum atomic E-state index is -0.374. The van der Waals surface area contributed by atoms with Gasteiger partial charge in [-0.1, -0.05) is 0 Å². The van der Waals surface area contributed by atoms with Gasteiger partial charge in [0.05, 0.1) is 10.8 Å². The van der Waals surface area contributed by atoms with Crippen LogP contribution in [0.4, 0.5) is 0 Å². The molecule has 8 heteroatoms. The van der Waals surface area contributed by atoms with Crippen LogP contribution in [0.1, 0.15) is 25.7 Å². The Kier molecular flexibility index (Phi) is 12.9. The molecule has 0 heterocycles. The maximum atomic E-state index is 11.3. The van der Waals surface area contributed by atoms with Gasteiger partial charge in [-0.05, 0) is 12.8 Å². The molecule has 0 saturated heterocycles. The average molecular weight is 368 g/mol. The van der Waals surface area contributed by atoms with Gasteiger partial charge in [0.25, 0.3) is 0 Å². The molecular formula is C12H18Cl4O4. The second-order valence-electron chi connectivity index (χ2n) is 4.08. The SMILES string of the molecule is O=C(CCCCC(=O)OC[C@H](Cl)CCl)OC[C@H](Cl)CCl. The molecule has 20 heavy (non-hydrogen) atoms. The van der Waals surface area contributed by atoms with Gasteiger partial charge in [0.1, 0.15) is 13.2 Å². The number of carbonyl (C=O) groups excluding carboxylic acids is 2. The number of hydrogen-bond acceptors (Lipinski definition) is 4. The molecule has 0 saturated carbocycles. The van der Waals surface area contributed by atoms with Crippen molar-refractivity contribution in [2.45, 2.75) is 36.4 Å². The first-order chi connectivity index (χ1) is 9.49. The Labute approximate surface area is 139 Å². The van der Waals surface area contributed by atoms with E-state index >= 15 is 0 Å². The lowest BCUT2D eigenvalue weighted by Gasteiger charge is -2.08. The van der Waals surface area contributed by atoms with Gasteiger partial charge in [0.2, 0.25) is 0 Å². The summed E-state index contributed by atoms with van der Waals surface area (Å²) in [6.45, 7) is 0.197. The highest BCUT2D eigenvalue weighted by Crippen LogP contribution is 2.06. The molecule has 0 amide bonds. The summed E-state index contributed by atoms with van der Waals surface area (Å²) in [5.41, 5.74) is 0. The first-order valence-corrected chi connectivity index (χ1v) is 8.15. The molecule has 0 aromatic heterocycles. The lowest BCUT2D eigenvalue weighted by Crippen LogP contribution is -2.16. The summed E-state index contributed by atoms with van der Waals surface area (Å²) in [5.74, 6) is -0.246. The van der Waals surface area contributed by atoms with E-state index in [4.69, 9.17) is 55.9 Å².